The SMILES string of the molecule is CCSCCNC(=O)c1ccc(N2CCN(C(=O)c3cc(F)c(F)c(F)c3F)CC2)nc1. The monoisotopic (exact) mass is 470 g/mol. The van der Waals surface area contributed by atoms with Crippen molar-refractivity contribution in [3.63, 3.8) is 0 Å². The first-order chi connectivity index (χ1) is 15.3. The van der Waals surface area contributed by atoms with Crippen molar-refractivity contribution in [2.45, 2.75) is 6.92 Å². The topological polar surface area (TPSA) is 65.5 Å². The van der Waals surface area contributed by atoms with Gasteiger partial charge in [-0.05, 0) is 24.0 Å². The molecular formula is C21H22F4N4O2S. The summed E-state index contributed by atoms with van der Waals surface area (Å²) in [5.41, 5.74) is -0.416. The molecule has 0 unspecified atom stereocenters. The zero-order valence-corrected chi connectivity index (χ0v) is 18.2. The fourth-order valence-electron chi connectivity index (χ4n) is 3.23. The van der Waals surface area contributed by atoms with Gasteiger partial charge < -0.3 is 15.1 Å². The van der Waals surface area contributed by atoms with E-state index >= 15 is 0 Å². The number of hydrogen-bond donors (Lipinski definition) is 1. The summed E-state index contributed by atoms with van der Waals surface area (Å²) >= 11 is 1.73. The summed E-state index contributed by atoms with van der Waals surface area (Å²) in [6.07, 6.45) is 1.47. The molecule has 6 nitrogen and oxygen atoms in total. The van der Waals surface area contributed by atoms with Crippen LogP contribution in [0.4, 0.5) is 23.4 Å². The Hall–Kier alpha value is -2.82. The second-order valence-electron chi connectivity index (χ2n) is 6.99. The van der Waals surface area contributed by atoms with Crippen molar-refractivity contribution < 1.29 is 27.2 Å². The van der Waals surface area contributed by atoms with E-state index in [1.165, 1.54) is 11.1 Å². The molecule has 3 rings (SSSR count). The molecule has 172 valence electrons. The van der Waals surface area contributed by atoms with Crippen LogP contribution in [0.15, 0.2) is 24.4 Å². The molecule has 2 aromatic rings. The quantitative estimate of drug-likeness (QED) is 0.292. The Morgan fingerprint density at radius 3 is 2.41 bits per heavy atom. The number of piperazine rings is 1. The van der Waals surface area contributed by atoms with Gasteiger partial charge in [0.05, 0.1) is 11.1 Å². The summed E-state index contributed by atoms with van der Waals surface area (Å²) in [5.74, 6) is -6.01. The number of hydrogen-bond acceptors (Lipinski definition) is 5. The number of benzene rings is 1. The summed E-state index contributed by atoms with van der Waals surface area (Å²) in [7, 11) is 0. The van der Waals surface area contributed by atoms with Crippen molar-refractivity contribution in [3.05, 3.63) is 58.8 Å². The molecule has 1 fully saturated rings. The van der Waals surface area contributed by atoms with Crippen LogP contribution in [0, 0.1) is 23.3 Å². The number of nitrogens with zero attached hydrogens (tertiary/aromatic N) is 3. The van der Waals surface area contributed by atoms with E-state index in [2.05, 4.69) is 10.3 Å². The number of pyridine rings is 1. The largest absolute Gasteiger partial charge is 0.353 e. The van der Waals surface area contributed by atoms with Gasteiger partial charge in [-0.1, -0.05) is 6.92 Å². The Kier molecular flexibility index (Phi) is 7.94. The Labute approximate surface area is 187 Å². The van der Waals surface area contributed by atoms with Crippen molar-refractivity contribution >= 4 is 29.4 Å². The molecule has 0 bridgehead atoms. The van der Waals surface area contributed by atoms with E-state index < -0.39 is 34.7 Å². The lowest BCUT2D eigenvalue weighted by molar-refractivity contribution is 0.0739. The van der Waals surface area contributed by atoms with Gasteiger partial charge in [-0.3, -0.25) is 9.59 Å². The molecule has 0 atom stereocenters. The Bertz CT molecular complexity index is 983. The number of carbonyl (C=O) groups is 2. The highest BCUT2D eigenvalue weighted by Crippen LogP contribution is 2.21. The molecule has 2 amide bonds. The highest BCUT2D eigenvalue weighted by Gasteiger charge is 2.28. The van der Waals surface area contributed by atoms with Gasteiger partial charge in [-0.2, -0.15) is 11.8 Å². The smallest absolute Gasteiger partial charge is 0.257 e. The minimum atomic E-state index is -2.01. The van der Waals surface area contributed by atoms with E-state index in [1.807, 2.05) is 11.8 Å². The van der Waals surface area contributed by atoms with Gasteiger partial charge in [0.1, 0.15) is 5.82 Å². The molecule has 0 saturated carbocycles. The van der Waals surface area contributed by atoms with E-state index in [9.17, 15) is 27.2 Å². The van der Waals surface area contributed by atoms with Crippen LogP contribution < -0.4 is 10.2 Å². The predicted octanol–water partition coefficient (Wildman–Crippen LogP) is 3.08. The third kappa shape index (κ3) is 5.32. The van der Waals surface area contributed by atoms with Gasteiger partial charge >= 0.3 is 0 Å². The lowest BCUT2D eigenvalue weighted by Gasteiger charge is -2.35. The molecule has 0 aliphatic carbocycles. The molecule has 2 heterocycles. The molecule has 32 heavy (non-hydrogen) atoms. The third-order valence-corrected chi connectivity index (χ3v) is 5.87. The second kappa shape index (κ2) is 10.7. The first kappa shape index (κ1) is 23.8. The van der Waals surface area contributed by atoms with E-state index in [1.54, 1.807) is 23.9 Å². The van der Waals surface area contributed by atoms with Gasteiger partial charge in [-0.25, -0.2) is 22.5 Å². The number of amides is 2. The maximum absolute atomic E-state index is 13.9. The first-order valence-corrected chi connectivity index (χ1v) is 11.2. The summed E-state index contributed by atoms with van der Waals surface area (Å²) in [6.45, 7) is 3.59. The summed E-state index contributed by atoms with van der Waals surface area (Å²) in [6, 6.07) is 3.72. The van der Waals surface area contributed by atoms with Crippen LogP contribution in [-0.4, -0.2) is 65.9 Å². The number of rotatable bonds is 7. The fraction of sp³-hybridized carbons (Fsp3) is 0.381. The average Bonchev–Trinajstić information content (AvgIpc) is 2.82. The minimum absolute atomic E-state index is 0.151. The molecule has 1 aliphatic rings. The summed E-state index contributed by atoms with van der Waals surface area (Å²) in [4.78, 5) is 32.0. The molecule has 1 saturated heterocycles. The summed E-state index contributed by atoms with van der Waals surface area (Å²) in [5, 5.41) is 2.82. The number of halogens is 4. The van der Waals surface area contributed by atoms with Crippen LogP contribution in [0.2, 0.25) is 0 Å². The van der Waals surface area contributed by atoms with Crippen LogP contribution in [-0.2, 0) is 0 Å². The predicted molar refractivity (Wildman–Crippen MR) is 114 cm³/mol. The van der Waals surface area contributed by atoms with Crippen molar-refractivity contribution in [2.75, 3.05) is 49.1 Å². The second-order valence-corrected chi connectivity index (χ2v) is 8.38. The lowest BCUT2D eigenvalue weighted by Crippen LogP contribution is -2.49. The van der Waals surface area contributed by atoms with Crippen molar-refractivity contribution in [1.82, 2.24) is 15.2 Å². The van der Waals surface area contributed by atoms with Crippen LogP contribution in [0.25, 0.3) is 0 Å². The zero-order valence-electron chi connectivity index (χ0n) is 17.3. The van der Waals surface area contributed by atoms with Crippen molar-refractivity contribution in [2.24, 2.45) is 0 Å². The Balaban J connectivity index is 1.58. The maximum atomic E-state index is 13.9. The average molecular weight is 470 g/mol. The highest BCUT2D eigenvalue weighted by atomic mass is 32.2. The van der Waals surface area contributed by atoms with Crippen molar-refractivity contribution in [1.29, 1.82) is 0 Å². The third-order valence-electron chi connectivity index (χ3n) is 4.97. The highest BCUT2D eigenvalue weighted by molar-refractivity contribution is 7.99. The van der Waals surface area contributed by atoms with E-state index in [-0.39, 0.29) is 19.0 Å². The molecular weight excluding hydrogens is 448 g/mol. The van der Waals surface area contributed by atoms with E-state index in [0.29, 0.717) is 37.1 Å². The van der Waals surface area contributed by atoms with Crippen molar-refractivity contribution in [3.8, 4) is 0 Å². The molecule has 1 aromatic heterocycles. The van der Waals surface area contributed by atoms with E-state index in [4.69, 9.17) is 0 Å². The van der Waals surface area contributed by atoms with Gasteiger partial charge in [0, 0.05) is 44.7 Å². The van der Waals surface area contributed by atoms with Crippen LogP contribution >= 0.6 is 11.8 Å². The van der Waals surface area contributed by atoms with Crippen LogP contribution in [0.3, 0.4) is 0 Å². The maximum Gasteiger partial charge on any atom is 0.257 e. The van der Waals surface area contributed by atoms with Gasteiger partial charge in [0.25, 0.3) is 11.8 Å². The molecule has 1 aromatic carbocycles. The van der Waals surface area contributed by atoms with Gasteiger partial charge in [0.15, 0.2) is 23.3 Å². The Morgan fingerprint density at radius 2 is 1.78 bits per heavy atom. The van der Waals surface area contributed by atoms with E-state index in [0.717, 1.165) is 11.5 Å². The Morgan fingerprint density at radius 1 is 1.06 bits per heavy atom. The number of anilines is 1. The number of thioether (sulfide) groups is 1. The van der Waals surface area contributed by atoms with Crippen LogP contribution in [0.5, 0.6) is 0 Å². The normalized spacial score (nSPS) is 13.9. The zero-order chi connectivity index (χ0) is 23.3. The molecule has 0 spiro atoms. The number of carbonyl (C=O) groups excluding carboxylic acids is 2. The lowest BCUT2D eigenvalue weighted by atomic mass is 10.1. The molecule has 1 N–H and O–H groups in total. The summed E-state index contributed by atoms with van der Waals surface area (Å²) < 4.78 is 53.9. The van der Waals surface area contributed by atoms with Gasteiger partial charge in [-0.15, -0.1) is 0 Å². The minimum Gasteiger partial charge on any atom is -0.353 e. The van der Waals surface area contributed by atoms with Gasteiger partial charge in [0.2, 0.25) is 0 Å². The van der Waals surface area contributed by atoms with Crippen LogP contribution in [0.1, 0.15) is 27.6 Å². The number of nitrogens with one attached hydrogen (secondary N) is 1. The molecule has 1 aliphatic heterocycles. The first-order valence-electron chi connectivity index (χ1n) is 10.0. The molecule has 11 heteroatoms. The molecule has 0 radical (unpaired) electrons. The number of aromatic nitrogens is 1. The standard InChI is InChI=1S/C21H22F4N4O2S/c1-2-32-10-5-26-20(30)13-3-4-16(27-12-13)28-6-8-29(9-7-28)21(31)14-11-15(22)18(24)19(25)17(14)23/h3-4,11-12H,2,5-10H2,1H3,(H,26,30). The fourth-order valence-corrected chi connectivity index (χ4v) is 3.76.